The average molecular weight is 291 g/mol. The van der Waals surface area contributed by atoms with Crippen LogP contribution in [0, 0.1) is 0 Å². The van der Waals surface area contributed by atoms with Crippen LogP contribution in [0.4, 0.5) is 0 Å². The van der Waals surface area contributed by atoms with Crippen LogP contribution in [0.2, 0.25) is 0 Å². The summed E-state index contributed by atoms with van der Waals surface area (Å²) >= 11 is 1.59. The van der Waals surface area contributed by atoms with Crippen molar-refractivity contribution in [1.82, 2.24) is 20.2 Å². The molecule has 108 valence electrons. The fraction of sp³-hybridized carbons (Fsp3) is 0.571. The smallest absolute Gasteiger partial charge is 0.0795 e. The van der Waals surface area contributed by atoms with Crippen LogP contribution in [0.5, 0.6) is 0 Å². The third-order valence-electron chi connectivity index (χ3n) is 4.04. The lowest BCUT2D eigenvalue weighted by atomic mass is 9.96. The van der Waals surface area contributed by atoms with Crippen molar-refractivity contribution < 1.29 is 0 Å². The maximum absolute atomic E-state index is 5.64. The zero-order chi connectivity index (χ0) is 13.8. The van der Waals surface area contributed by atoms with E-state index in [9.17, 15) is 0 Å². The maximum Gasteiger partial charge on any atom is 0.0795 e. The van der Waals surface area contributed by atoms with Crippen molar-refractivity contribution in [3.05, 3.63) is 34.5 Å². The van der Waals surface area contributed by atoms with Crippen LogP contribution in [0.25, 0.3) is 0 Å². The van der Waals surface area contributed by atoms with E-state index >= 15 is 0 Å². The van der Waals surface area contributed by atoms with Crippen molar-refractivity contribution in [2.24, 2.45) is 5.84 Å². The molecule has 20 heavy (non-hydrogen) atoms. The highest BCUT2D eigenvalue weighted by Gasteiger charge is 2.18. The van der Waals surface area contributed by atoms with E-state index in [0.717, 1.165) is 17.8 Å². The number of aromatic nitrogens is 3. The van der Waals surface area contributed by atoms with Crippen LogP contribution in [-0.2, 0) is 6.42 Å². The fourth-order valence-electron chi connectivity index (χ4n) is 2.89. The van der Waals surface area contributed by atoms with Gasteiger partial charge in [-0.3, -0.25) is 16.0 Å². The van der Waals surface area contributed by atoms with Gasteiger partial charge in [0.15, 0.2) is 0 Å². The number of thiazole rings is 1. The number of hydrazine groups is 1. The van der Waals surface area contributed by atoms with Crippen LogP contribution in [0.3, 0.4) is 0 Å². The highest BCUT2D eigenvalue weighted by molar-refractivity contribution is 7.07. The van der Waals surface area contributed by atoms with E-state index in [1.165, 1.54) is 32.1 Å². The van der Waals surface area contributed by atoms with E-state index in [4.69, 9.17) is 10.9 Å². The molecule has 1 unspecified atom stereocenters. The van der Waals surface area contributed by atoms with Crippen molar-refractivity contribution >= 4 is 11.3 Å². The lowest BCUT2D eigenvalue weighted by molar-refractivity contribution is 0.327. The Hall–Kier alpha value is -1.24. The Bertz CT molecular complexity index is 515. The minimum Gasteiger partial charge on any atom is -0.271 e. The van der Waals surface area contributed by atoms with Gasteiger partial charge in [-0.2, -0.15) is 5.10 Å². The molecule has 2 aromatic rings. The first-order valence-corrected chi connectivity index (χ1v) is 8.19. The predicted octanol–water partition coefficient (Wildman–Crippen LogP) is 2.59. The molecule has 1 aliphatic carbocycles. The molecular formula is C14H21N5S. The van der Waals surface area contributed by atoms with Gasteiger partial charge in [-0.1, -0.05) is 19.3 Å². The van der Waals surface area contributed by atoms with Gasteiger partial charge >= 0.3 is 0 Å². The third-order valence-corrected chi connectivity index (χ3v) is 4.64. The van der Waals surface area contributed by atoms with Gasteiger partial charge in [0.05, 0.1) is 29.0 Å². The summed E-state index contributed by atoms with van der Waals surface area (Å²) in [4.78, 5) is 4.32. The van der Waals surface area contributed by atoms with Crippen molar-refractivity contribution in [2.45, 2.75) is 50.6 Å². The summed E-state index contributed by atoms with van der Waals surface area (Å²) in [5.74, 6) is 5.64. The van der Waals surface area contributed by atoms with Crippen LogP contribution in [0.15, 0.2) is 23.2 Å². The summed E-state index contributed by atoms with van der Waals surface area (Å²) in [6.07, 6.45) is 9.42. The minimum atomic E-state index is 0.0379. The van der Waals surface area contributed by atoms with E-state index in [-0.39, 0.29) is 6.04 Å². The monoisotopic (exact) mass is 291 g/mol. The molecule has 1 saturated carbocycles. The molecule has 3 rings (SSSR count). The Labute approximate surface area is 123 Å². The standard InChI is InChI=1S/C14H21N5S/c15-17-13(14-9-20-10-16-14)8-11-6-7-19(18-11)12-4-2-1-3-5-12/h6-7,9-10,12-13,17H,1-5,8,15H2. The quantitative estimate of drug-likeness (QED) is 0.656. The van der Waals surface area contributed by atoms with E-state index in [0.29, 0.717) is 6.04 Å². The number of rotatable bonds is 5. The Morgan fingerprint density at radius 3 is 2.95 bits per heavy atom. The van der Waals surface area contributed by atoms with E-state index < -0.39 is 0 Å². The Morgan fingerprint density at radius 1 is 1.40 bits per heavy atom. The van der Waals surface area contributed by atoms with Crippen LogP contribution in [-0.4, -0.2) is 14.8 Å². The molecule has 0 aliphatic heterocycles. The summed E-state index contributed by atoms with van der Waals surface area (Å²) in [6.45, 7) is 0. The lowest BCUT2D eigenvalue weighted by Gasteiger charge is -2.21. The molecule has 0 amide bonds. The molecule has 0 radical (unpaired) electrons. The molecule has 0 spiro atoms. The largest absolute Gasteiger partial charge is 0.271 e. The molecular weight excluding hydrogens is 270 g/mol. The summed E-state index contributed by atoms with van der Waals surface area (Å²) in [6, 6.07) is 2.72. The summed E-state index contributed by atoms with van der Waals surface area (Å²) in [5, 5.41) is 6.76. The SMILES string of the molecule is NNC(Cc1ccn(C2CCCCC2)n1)c1cscn1. The lowest BCUT2D eigenvalue weighted by Crippen LogP contribution is -2.30. The van der Waals surface area contributed by atoms with Crippen molar-refractivity contribution in [3.8, 4) is 0 Å². The summed E-state index contributed by atoms with van der Waals surface area (Å²) < 4.78 is 2.14. The zero-order valence-electron chi connectivity index (χ0n) is 11.5. The normalized spacial score (nSPS) is 18.2. The van der Waals surface area contributed by atoms with Gasteiger partial charge in [-0.25, -0.2) is 4.98 Å². The van der Waals surface area contributed by atoms with E-state index in [1.807, 2.05) is 10.9 Å². The van der Waals surface area contributed by atoms with Gasteiger partial charge in [0, 0.05) is 18.0 Å². The van der Waals surface area contributed by atoms with Gasteiger partial charge in [-0.05, 0) is 18.9 Å². The molecule has 2 heterocycles. The highest BCUT2D eigenvalue weighted by atomic mass is 32.1. The predicted molar refractivity (Wildman–Crippen MR) is 80.2 cm³/mol. The Balaban J connectivity index is 1.67. The maximum atomic E-state index is 5.64. The number of hydrogen-bond acceptors (Lipinski definition) is 5. The molecule has 5 nitrogen and oxygen atoms in total. The molecule has 0 aromatic carbocycles. The van der Waals surface area contributed by atoms with Gasteiger partial charge in [0.2, 0.25) is 0 Å². The number of nitrogens with one attached hydrogen (secondary N) is 1. The second kappa shape index (κ2) is 6.47. The molecule has 6 heteroatoms. The third kappa shape index (κ3) is 3.08. The second-order valence-corrected chi connectivity index (χ2v) is 6.13. The highest BCUT2D eigenvalue weighted by Crippen LogP contribution is 2.27. The molecule has 0 saturated heterocycles. The van der Waals surface area contributed by atoms with Crippen LogP contribution in [0.1, 0.15) is 55.6 Å². The first kappa shape index (κ1) is 13.7. The average Bonchev–Trinajstić information content (AvgIpc) is 3.17. The Morgan fingerprint density at radius 2 is 2.25 bits per heavy atom. The van der Waals surface area contributed by atoms with Gasteiger partial charge in [-0.15, -0.1) is 11.3 Å². The van der Waals surface area contributed by atoms with Crippen molar-refractivity contribution in [1.29, 1.82) is 0 Å². The fourth-order valence-corrected chi connectivity index (χ4v) is 3.50. The molecule has 1 fully saturated rings. The van der Waals surface area contributed by atoms with Crippen LogP contribution >= 0.6 is 11.3 Å². The number of nitrogens with two attached hydrogens (primary N) is 1. The van der Waals surface area contributed by atoms with Gasteiger partial charge in [0.25, 0.3) is 0 Å². The number of nitrogens with zero attached hydrogens (tertiary/aromatic N) is 3. The summed E-state index contributed by atoms with van der Waals surface area (Å²) in [5.41, 5.74) is 6.74. The first-order valence-electron chi connectivity index (χ1n) is 7.25. The molecule has 0 bridgehead atoms. The molecule has 1 aliphatic rings. The van der Waals surface area contributed by atoms with Gasteiger partial charge in [0.1, 0.15) is 0 Å². The topological polar surface area (TPSA) is 68.8 Å². The summed E-state index contributed by atoms with van der Waals surface area (Å²) in [7, 11) is 0. The molecule has 1 atom stereocenters. The van der Waals surface area contributed by atoms with E-state index in [1.54, 1.807) is 11.3 Å². The minimum absolute atomic E-state index is 0.0379. The van der Waals surface area contributed by atoms with E-state index in [2.05, 4.69) is 27.4 Å². The first-order chi connectivity index (χ1) is 9.86. The van der Waals surface area contributed by atoms with Crippen LogP contribution < -0.4 is 11.3 Å². The molecule has 2 aromatic heterocycles. The van der Waals surface area contributed by atoms with Gasteiger partial charge < -0.3 is 0 Å². The zero-order valence-corrected chi connectivity index (χ0v) is 12.4. The Kier molecular flexibility index (Phi) is 4.44. The second-order valence-electron chi connectivity index (χ2n) is 5.42. The van der Waals surface area contributed by atoms with Crippen molar-refractivity contribution in [3.63, 3.8) is 0 Å². The van der Waals surface area contributed by atoms with Crippen molar-refractivity contribution in [2.75, 3.05) is 0 Å². The number of hydrogen-bond donors (Lipinski definition) is 2. The molecule has 3 N–H and O–H groups in total.